The van der Waals surface area contributed by atoms with Crippen LogP contribution in [0, 0.1) is 0 Å². The van der Waals surface area contributed by atoms with E-state index in [4.69, 9.17) is 4.74 Å². The summed E-state index contributed by atoms with van der Waals surface area (Å²) in [5.74, 6) is 0. The third-order valence-electron chi connectivity index (χ3n) is 3.91. The predicted octanol–water partition coefficient (Wildman–Crippen LogP) is 2.69. The molecule has 0 amide bonds. The van der Waals surface area contributed by atoms with Crippen LogP contribution in [0.2, 0.25) is 0 Å². The first kappa shape index (κ1) is 16.3. The lowest BCUT2D eigenvalue weighted by atomic mass is 9.95. The number of likely N-dealkylation sites (N-methyl/N-ethyl adjacent to an activating group) is 2. The largest absolute Gasteiger partial charge is 0.416 e. The molecule has 1 saturated heterocycles. The smallest absolute Gasteiger partial charge is 0.374 e. The minimum atomic E-state index is -4.36. The number of rotatable bonds is 4. The van der Waals surface area contributed by atoms with E-state index in [2.05, 4.69) is 10.2 Å². The van der Waals surface area contributed by atoms with Crippen LogP contribution >= 0.6 is 0 Å². The van der Waals surface area contributed by atoms with Gasteiger partial charge in [0.25, 0.3) is 0 Å². The molecule has 1 aromatic rings. The number of alkyl halides is 3. The molecule has 0 bridgehead atoms. The fourth-order valence-electron chi connectivity index (χ4n) is 2.79. The highest BCUT2D eigenvalue weighted by atomic mass is 19.4. The fraction of sp³-hybridized carbons (Fsp3) is 0.600. The summed E-state index contributed by atoms with van der Waals surface area (Å²) in [6.07, 6.45) is -4.64. The zero-order chi connectivity index (χ0) is 15.5. The van der Waals surface area contributed by atoms with Gasteiger partial charge in [0.1, 0.15) is 0 Å². The molecular weight excluding hydrogens is 281 g/mol. The minimum absolute atomic E-state index is 0.246. The molecule has 1 heterocycles. The second-order valence-corrected chi connectivity index (χ2v) is 5.15. The Labute approximate surface area is 123 Å². The van der Waals surface area contributed by atoms with Crippen LogP contribution in [0.15, 0.2) is 24.3 Å². The molecule has 118 valence electrons. The van der Waals surface area contributed by atoms with Gasteiger partial charge in [-0.25, -0.2) is 0 Å². The average molecular weight is 302 g/mol. The molecule has 0 spiro atoms. The number of benzene rings is 1. The molecule has 6 heteroatoms. The van der Waals surface area contributed by atoms with Crippen molar-refractivity contribution in [1.29, 1.82) is 0 Å². The highest BCUT2D eigenvalue weighted by Gasteiger charge is 2.37. The maximum absolute atomic E-state index is 13.2. The van der Waals surface area contributed by atoms with Crippen LogP contribution in [0.4, 0.5) is 13.2 Å². The molecule has 3 nitrogen and oxygen atoms in total. The molecule has 1 aromatic carbocycles. The minimum Gasteiger partial charge on any atom is -0.374 e. The maximum atomic E-state index is 13.2. The van der Waals surface area contributed by atoms with Crippen molar-refractivity contribution in [2.24, 2.45) is 0 Å². The van der Waals surface area contributed by atoms with Crippen LogP contribution in [0.25, 0.3) is 0 Å². The number of morpholine rings is 1. The summed E-state index contributed by atoms with van der Waals surface area (Å²) in [5.41, 5.74) is -0.350. The van der Waals surface area contributed by atoms with E-state index in [0.717, 1.165) is 19.2 Å². The van der Waals surface area contributed by atoms with Crippen molar-refractivity contribution in [2.75, 3.05) is 33.3 Å². The molecular formula is C15H21F3N2O. The van der Waals surface area contributed by atoms with Gasteiger partial charge in [-0.05, 0) is 25.2 Å². The van der Waals surface area contributed by atoms with Crippen molar-refractivity contribution in [1.82, 2.24) is 10.2 Å². The molecule has 2 rings (SSSR count). The highest BCUT2D eigenvalue weighted by molar-refractivity contribution is 5.33. The van der Waals surface area contributed by atoms with Crippen molar-refractivity contribution in [2.45, 2.75) is 25.2 Å². The van der Waals surface area contributed by atoms with Crippen molar-refractivity contribution < 1.29 is 17.9 Å². The molecule has 2 atom stereocenters. The van der Waals surface area contributed by atoms with E-state index in [-0.39, 0.29) is 11.7 Å². The molecule has 21 heavy (non-hydrogen) atoms. The number of halogens is 3. The zero-order valence-electron chi connectivity index (χ0n) is 12.3. The average Bonchev–Trinajstić information content (AvgIpc) is 2.48. The first-order valence-corrected chi connectivity index (χ1v) is 7.14. The Balaban J connectivity index is 2.29. The molecule has 2 unspecified atom stereocenters. The Hall–Kier alpha value is -1.11. The van der Waals surface area contributed by atoms with Gasteiger partial charge in [0, 0.05) is 13.1 Å². The lowest BCUT2D eigenvalue weighted by Gasteiger charge is -2.37. The van der Waals surface area contributed by atoms with Crippen molar-refractivity contribution in [3.8, 4) is 0 Å². The SMILES string of the molecule is CCN1CCOC(C(NC)c2ccccc2C(F)(F)F)C1. The van der Waals surface area contributed by atoms with Gasteiger partial charge in [-0.15, -0.1) is 0 Å². The summed E-state index contributed by atoms with van der Waals surface area (Å²) in [6.45, 7) is 4.92. The maximum Gasteiger partial charge on any atom is 0.416 e. The molecule has 1 N–H and O–H groups in total. The summed E-state index contributed by atoms with van der Waals surface area (Å²) in [4.78, 5) is 2.19. The molecule has 0 saturated carbocycles. The van der Waals surface area contributed by atoms with Gasteiger partial charge in [-0.3, -0.25) is 4.90 Å². The lowest BCUT2D eigenvalue weighted by Crippen LogP contribution is -2.47. The topological polar surface area (TPSA) is 24.5 Å². The summed E-state index contributed by atoms with van der Waals surface area (Å²) in [7, 11) is 1.67. The van der Waals surface area contributed by atoms with E-state index in [9.17, 15) is 13.2 Å². The van der Waals surface area contributed by atoms with Crippen molar-refractivity contribution >= 4 is 0 Å². The van der Waals surface area contributed by atoms with Crippen molar-refractivity contribution in [3.63, 3.8) is 0 Å². The Morgan fingerprint density at radius 3 is 2.71 bits per heavy atom. The second-order valence-electron chi connectivity index (χ2n) is 5.15. The van der Waals surface area contributed by atoms with Gasteiger partial charge in [-0.1, -0.05) is 25.1 Å². The van der Waals surface area contributed by atoms with Gasteiger partial charge in [0.2, 0.25) is 0 Å². The molecule has 0 aliphatic carbocycles. The first-order valence-electron chi connectivity index (χ1n) is 7.14. The summed E-state index contributed by atoms with van der Waals surface area (Å²) >= 11 is 0. The van der Waals surface area contributed by atoms with E-state index in [1.165, 1.54) is 12.1 Å². The lowest BCUT2D eigenvalue weighted by molar-refractivity contribution is -0.139. The molecule has 0 aromatic heterocycles. The number of ether oxygens (including phenoxy) is 1. The van der Waals surface area contributed by atoms with Crippen LogP contribution in [-0.2, 0) is 10.9 Å². The third-order valence-corrected chi connectivity index (χ3v) is 3.91. The Morgan fingerprint density at radius 1 is 1.38 bits per heavy atom. The number of hydrogen-bond donors (Lipinski definition) is 1. The Morgan fingerprint density at radius 2 is 2.10 bits per heavy atom. The molecule has 1 aliphatic heterocycles. The van der Waals surface area contributed by atoms with E-state index in [1.807, 2.05) is 6.92 Å². The van der Waals surface area contributed by atoms with E-state index >= 15 is 0 Å². The quantitative estimate of drug-likeness (QED) is 0.925. The van der Waals surface area contributed by atoms with Crippen LogP contribution in [0.3, 0.4) is 0 Å². The summed E-state index contributed by atoms with van der Waals surface area (Å²) in [5, 5.41) is 2.99. The Kier molecular flexibility index (Phi) is 5.24. The van der Waals surface area contributed by atoms with Gasteiger partial charge >= 0.3 is 6.18 Å². The van der Waals surface area contributed by atoms with Crippen LogP contribution in [-0.4, -0.2) is 44.3 Å². The molecule has 1 aliphatic rings. The van der Waals surface area contributed by atoms with Crippen molar-refractivity contribution in [3.05, 3.63) is 35.4 Å². The Bertz CT molecular complexity index is 464. The zero-order valence-corrected chi connectivity index (χ0v) is 12.3. The van der Waals surface area contributed by atoms with Crippen LogP contribution < -0.4 is 5.32 Å². The fourth-order valence-corrected chi connectivity index (χ4v) is 2.79. The summed E-state index contributed by atoms with van der Waals surface area (Å²) in [6, 6.07) is 5.23. The second kappa shape index (κ2) is 6.77. The number of nitrogens with zero attached hydrogens (tertiary/aromatic N) is 1. The third kappa shape index (κ3) is 3.75. The first-order chi connectivity index (χ1) is 9.97. The monoisotopic (exact) mass is 302 g/mol. The molecule has 1 fully saturated rings. The standard InChI is InChI=1S/C15H21F3N2O/c1-3-20-8-9-21-13(10-20)14(19-2)11-6-4-5-7-12(11)15(16,17)18/h4-7,13-14,19H,3,8-10H2,1-2H3. The van der Waals surface area contributed by atoms with Crippen LogP contribution in [0.5, 0.6) is 0 Å². The van der Waals surface area contributed by atoms with Gasteiger partial charge in [0.15, 0.2) is 0 Å². The van der Waals surface area contributed by atoms with Crippen LogP contribution in [0.1, 0.15) is 24.1 Å². The summed E-state index contributed by atoms with van der Waals surface area (Å²) < 4.78 is 45.2. The number of nitrogens with one attached hydrogen (secondary N) is 1. The van der Waals surface area contributed by atoms with Gasteiger partial charge < -0.3 is 10.1 Å². The van der Waals surface area contributed by atoms with Gasteiger partial charge in [-0.2, -0.15) is 13.2 Å². The van der Waals surface area contributed by atoms with E-state index in [0.29, 0.717) is 13.2 Å². The van der Waals surface area contributed by atoms with E-state index < -0.39 is 17.8 Å². The number of hydrogen-bond acceptors (Lipinski definition) is 3. The normalized spacial score (nSPS) is 22.2. The van der Waals surface area contributed by atoms with Gasteiger partial charge in [0.05, 0.1) is 24.3 Å². The van der Waals surface area contributed by atoms with E-state index in [1.54, 1.807) is 13.1 Å². The highest BCUT2D eigenvalue weighted by Crippen LogP contribution is 2.36. The molecule has 0 radical (unpaired) electrons. The predicted molar refractivity (Wildman–Crippen MR) is 75.1 cm³/mol.